The van der Waals surface area contributed by atoms with Crippen molar-refractivity contribution in [3.63, 3.8) is 0 Å². The highest BCUT2D eigenvalue weighted by Crippen LogP contribution is 2.44. The molecular weight excluding hydrogens is 661 g/mol. The number of fused-ring (bicyclic) bond motifs is 10. The lowest BCUT2D eigenvalue weighted by Crippen LogP contribution is -2.06. The van der Waals surface area contributed by atoms with Crippen LogP contribution in [0.25, 0.3) is 102 Å². The largest absolute Gasteiger partial charge is 0.278 e. The Hall–Kier alpha value is -6.21. The molecule has 0 unspecified atom stereocenters. The van der Waals surface area contributed by atoms with E-state index < -0.39 is 36.3 Å². The van der Waals surface area contributed by atoms with E-state index in [1.165, 1.54) is 4.57 Å². The molecule has 0 atom stereocenters. The van der Waals surface area contributed by atoms with E-state index in [4.69, 9.17) is 23.2 Å². The summed E-state index contributed by atoms with van der Waals surface area (Å²) < 4.78 is 93.4. The maximum Gasteiger partial charge on any atom is 0.238 e. The van der Waals surface area contributed by atoms with Crippen molar-refractivity contribution >= 4 is 84.8 Å². The van der Waals surface area contributed by atoms with Crippen molar-refractivity contribution in [2.45, 2.75) is 0 Å². The molecule has 0 aliphatic carbocycles. The zero-order valence-corrected chi connectivity index (χ0v) is 28.0. The zero-order chi connectivity index (χ0) is 42.2. The molecule has 0 saturated carbocycles. The summed E-state index contributed by atoms with van der Waals surface area (Å²) in [5.41, 5.74) is 3.35. The fraction of sp³-hybridized carbons (Fsp3) is 0. The van der Waals surface area contributed by atoms with Gasteiger partial charge in [-0.15, -0.1) is 22.7 Å². The molecule has 4 nitrogen and oxygen atoms in total. The highest BCUT2D eigenvalue weighted by molar-refractivity contribution is 7.27. The number of para-hydroxylation sites is 1. The maximum atomic E-state index is 9.60. The highest BCUT2D eigenvalue weighted by atomic mass is 32.1. The molecule has 4 aromatic heterocycles. The Morgan fingerprint density at radius 3 is 2.06 bits per heavy atom. The Labute approximate surface area is 314 Å². The van der Waals surface area contributed by atoms with Gasteiger partial charge in [0.25, 0.3) is 0 Å². The predicted molar refractivity (Wildman–Crippen MR) is 216 cm³/mol. The average Bonchev–Trinajstić information content (AvgIpc) is 3.99. The van der Waals surface area contributed by atoms with Crippen LogP contribution in [0.3, 0.4) is 0 Å². The normalized spacial score (nSPS) is 14.7. The molecule has 0 bridgehead atoms. The Balaban J connectivity index is 1.29. The second-order valence-electron chi connectivity index (χ2n) is 12.0. The van der Waals surface area contributed by atoms with Gasteiger partial charge < -0.3 is 0 Å². The van der Waals surface area contributed by atoms with Crippen molar-refractivity contribution in [3.8, 4) is 39.9 Å². The lowest BCUT2D eigenvalue weighted by molar-refractivity contribution is 0.955. The zero-order valence-electron chi connectivity index (χ0n) is 36.3. The SMILES string of the molecule is [2H]c1c([2H])c([2H])c2c(sc3c2c([2H])c([2H])c2c3c3c([2H])c([2H])c([2H])c([2H])c3n2-c2nc(-c3ccc(-c4ccccc4)cc3)nc(-c3cccc4c3sc3ccccc34)n2)c1[2H]. The highest BCUT2D eigenvalue weighted by Gasteiger charge is 2.21. The summed E-state index contributed by atoms with van der Waals surface area (Å²) in [5.74, 6) is 0.495. The Morgan fingerprint density at radius 2 is 1.16 bits per heavy atom. The van der Waals surface area contributed by atoms with E-state index in [1.54, 1.807) is 11.3 Å². The van der Waals surface area contributed by atoms with Crippen LogP contribution in [-0.4, -0.2) is 19.5 Å². The minimum absolute atomic E-state index is 0.0268. The third-order valence-corrected chi connectivity index (χ3v) is 11.5. The third-order valence-electron chi connectivity index (χ3n) is 9.19. The van der Waals surface area contributed by atoms with E-state index in [-0.39, 0.29) is 83.7 Å². The summed E-state index contributed by atoms with van der Waals surface area (Å²) in [6.45, 7) is 0. The van der Waals surface area contributed by atoms with Gasteiger partial charge in [0.05, 0.1) is 24.7 Å². The van der Waals surface area contributed by atoms with Crippen LogP contribution in [0.5, 0.6) is 0 Å². The van der Waals surface area contributed by atoms with Crippen molar-refractivity contribution in [1.82, 2.24) is 19.5 Å². The van der Waals surface area contributed by atoms with E-state index in [0.29, 0.717) is 11.1 Å². The second kappa shape index (κ2) is 11.2. The molecule has 0 aliphatic rings. The number of nitrogens with zero attached hydrogens (tertiary/aromatic N) is 4. The molecule has 7 aromatic carbocycles. The van der Waals surface area contributed by atoms with Crippen molar-refractivity contribution < 1.29 is 13.7 Å². The molecule has 0 saturated heterocycles. The van der Waals surface area contributed by atoms with Crippen LogP contribution < -0.4 is 0 Å². The Bertz CT molecular complexity index is 3710. The van der Waals surface area contributed by atoms with Gasteiger partial charge in [-0.3, -0.25) is 4.57 Å². The summed E-state index contributed by atoms with van der Waals surface area (Å²) in [5, 5.41) is 2.50. The van der Waals surface area contributed by atoms with Crippen molar-refractivity contribution in [1.29, 1.82) is 0 Å². The van der Waals surface area contributed by atoms with E-state index in [2.05, 4.69) is 12.1 Å². The average molecular weight is 697 g/mol. The molecule has 4 heterocycles. The second-order valence-corrected chi connectivity index (χ2v) is 14.1. The Morgan fingerprint density at radius 1 is 0.451 bits per heavy atom. The van der Waals surface area contributed by atoms with Crippen LogP contribution in [0.15, 0.2) is 157 Å². The topological polar surface area (TPSA) is 43.6 Å². The smallest absolute Gasteiger partial charge is 0.238 e. The number of aromatic nitrogens is 4. The van der Waals surface area contributed by atoms with E-state index in [0.717, 1.165) is 42.6 Å². The first-order chi connectivity index (χ1) is 29.4. The number of benzene rings is 7. The van der Waals surface area contributed by atoms with Gasteiger partial charge in [0.1, 0.15) is 0 Å². The lowest BCUT2D eigenvalue weighted by Gasteiger charge is -2.12. The summed E-state index contributed by atoms with van der Waals surface area (Å²) in [6.07, 6.45) is 0. The predicted octanol–water partition coefficient (Wildman–Crippen LogP) is 12.7. The molecule has 6 heteroatoms. The molecule has 0 N–H and O–H groups in total. The first-order valence-electron chi connectivity index (χ1n) is 21.1. The molecule has 51 heavy (non-hydrogen) atoms. The van der Waals surface area contributed by atoms with Gasteiger partial charge in [-0.2, -0.15) is 9.97 Å². The van der Waals surface area contributed by atoms with Gasteiger partial charge in [-0.05, 0) is 41.4 Å². The molecule has 11 aromatic rings. The fourth-order valence-electron chi connectivity index (χ4n) is 6.85. The van der Waals surface area contributed by atoms with Gasteiger partial charge in [-0.25, -0.2) is 4.98 Å². The van der Waals surface area contributed by atoms with Crippen LogP contribution >= 0.6 is 22.7 Å². The van der Waals surface area contributed by atoms with Crippen molar-refractivity contribution in [3.05, 3.63) is 157 Å². The molecule has 0 aliphatic heterocycles. The van der Waals surface area contributed by atoms with Crippen molar-refractivity contribution in [2.24, 2.45) is 0 Å². The van der Waals surface area contributed by atoms with Crippen LogP contribution in [0.1, 0.15) is 13.7 Å². The van der Waals surface area contributed by atoms with Crippen LogP contribution in [0.2, 0.25) is 0 Å². The van der Waals surface area contributed by atoms with Gasteiger partial charge >= 0.3 is 0 Å². The van der Waals surface area contributed by atoms with Crippen LogP contribution in [-0.2, 0) is 0 Å². The van der Waals surface area contributed by atoms with Crippen molar-refractivity contribution in [2.75, 3.05) is 0 Å². The first kappa shape index (κ1) is 20.5. The van der Waals surface area contributed by atoms with E-state index >= 15 is 0 Å². The molecule has 0 radical (unpaired) electrons. The van der Waals surface area contributed by atoms with Crippen LogP contribution in [0, 0.1) is 0 Å². The summed E-state index contributed by atoms with van der Waals surface area (Å²) in [7, 11) is 0. The first-order valence-corrected chi connectivity index (χ1v) is 17.8. The standard InChI is InChI=1S/C45H26N4S2/c1-2-11-27(12-3-1)28-21-23-29(24-22-28)43-46-44(35-17-10-16-32-30-13-5-8-19-38(30)50-41(32)35)48-45(47-43)49-36-18-7-4-15-34(36)40-37(49)26-25-33-31-14-6-9-20-39(31)51-42(33)40/h1-26H/i4D,6D,7D,9D,14D,15D,18D,20D,25D,26D. The lowest BCUT2D eigenvalue weighted by atomic mass is 10.0. The van der Waals surface area contributed by atoms with Gasteiger partial charge in [-0.1, -0.05) is 127 Å². The van der Waals surface area contributed by atoms with Gasteiger partial charge in [0, 0.05) is 62.2 Å². The quantitative estimate of drug-likeness (QED) is 0.184. The van der Waals surface area contributed by atoms with Gasteiger partial charge in [0.15, 0.2) is 11.6 Å². The molecule has 11 rings (SSSR count). The van der Waals surface area contributed by atoms with Gasteiger partial charge in [0.2, 0.25) is 5.95 Å². The van der Waals surface area contributed by atoms with E-state index in [1.807, 2.05) is 84.9 Å². The Kier molecular flexibility index (Phi) is 4.47. The summed E-state index contributed by atoms with van der Waals surface area (Å²) in [6, 6.07) is 27.5. The minimum atomic E-state index is -0.521. The number of hydrogen-bond acceptors (Lipinski definition) is 5. The molecule has 0 amide bonds. The number of rotatable bonds is 4. The minimum Gasteiger partial charge on any atom is -0.278 e. The maximum absolute atomic E-state index is 9.60. The molecule has 0 fully saturated rings. The molecule has 0 spiro atoms. The summed E-state index contributed by atoms with van der Waals surface area (Å²) >= 11 is 2.59. The summed E-state index contributed by atoms with van der Waals surface area (Å²) in [4.78, 5) is 15.1. The number of thiophene rings is 2. The van der Waals surface area contributed by atoms with E-state index in [9.17, 15) is 5.48 Å². The van der Waals surface area contributed by atoms with Crippen LogP contribution in [0.4, 0.5) is 0 Å². The fourth-order valence-corrected chi connectivity index (χ4v) is 9.18. The molecule has 238 valence electrons. The third kappa shape index (κ3) is 4.40. The number of hydrogen-bond donors (Lipinski definition) is 0. The molecular formula is C45H26N4S2. The monoisotopic (exact) mass is 696 g/mol.